The van der Waals surface area contributed by atoms with Crippen molar-refractivity contribution in [2.75, 3.05) is 31.1 Å². The molecule has 3 rings (SSSR count). The largest absolute Gasteiger partial charge is 0.366 e. The van der Waals surface area contributed by atoms with Gasteiger partial charge in [-0.05, 0) is 24.3 Å². The molecule has 0 aliphatic carbocycles. The second-order valence-electron chi connectivity index (χ2n) is 5.91. The maximum Gasteiger partial charge on any atom is 0.276 e. The number of anilines is 1. The Hall–Kier alpha value is -3.22. The van der Waals surface area contributed by atoms with Gasteiger partial charge in [-0.15, -0.1) is 0 Å². The predicted octanol–water partition coefficient (Wildman–Crippen LogP) is 3.10. The van der Waals surface area contributed by atoms with Gasteiger partial charge in [0, 0.05) is 38.3 Å². The molecule has 1 heterocycles. The highest BCUT2D eigenvalue weighted by Crippen LogP contribution is 2.21. The van der Waals surface area contributed by atoms with Crippen LogP contribution in [-0.4, -0.2) is 41.9 Å². The first-order valence-corrected chi connectivity index (χ1v) is 8.26. The Labute approximate surface area is 150 Å². The molecular weight excluding hydrogens is 337 g/mol. The molecule has 0 spiro atoms. The summed E-state index contributed by atoms with van der Waals surface area (Å²) in [6.07, 6.45) is 2.81. The molecule has 134 valence electrons. The second-order valence-corrected chi connectivity index (χ2v) is 5.91. The molecule has 0 aromatic heterocycles. The van der Waals surface area contributed by atoms with Crippen molar-refractivity contribution < 1.29 is 14.1 Å². The molecule has 1 aliphatic heterocycles. The van der Waals surface area contributed by atoms with Crippen LogP contribution >= 0.6 is 0 Å². The molecule has 0 atom stereocenters. The van der Waals surface area contributed by atoms with Crippen LogP contribution in [0, 0.1) is 15.9 Å². The first kappa shape index (κ1) is 17.6. The molecule has 0 N–H and O–H groups in total. The average molecular weight is 355 g/mol. The summed E-state index contributed by atoms with van der Waals surface area (Å²) < 4.78 is 13.9. The summed E-state index contributed by atoms with van der Waals surface area (Å²) in [4.78, 5) is 26.4. The quantitative estimate of drug-likeness (QED) is 0.480. The van der Waals surface area contributed by atoms with Gasteiger partial charge in [-0.1, -0.05) is 24.3 Å². The highest BCUT2D eigenvalue weighted by Gasteiger charge is 2.21. The van der Waals surface area contributed by atoms with Crippen molar-refractivity contribution in [3.05, 3.63) is 76.1 Å². The molecule has 0 bridgehead atoms. The maximum atomic E-state index is 13.9. The second kappa shape index (κ2) is 7.77. The zero-order chi connectivity index (χ0) is 18.5. The van der Waals surface area contributed by atoms with E-state index in [4.69, 9.17) is 0 Å². The van der Waals surface area contributed by atoms with E-state index in [1.807, 2.05) is 4.90 Å². The molecule has 2 aromatic carbocycles. The van der Waals surface area contributed by atoms with Crippen LogP contribution in [-0.2, 0) is 4.79 Å². The zero-order valence-electron chi connectivity index (χ0n) is 14.0. The number of halogens is 1. The molecule has 1 aliphatic rings. The summed E-state index contributed by atoms with van der Waals surface area (Å²) in [6, 6.07) is 12.8. The number of nitro groups is 1. The Morgan fingerprint density at radius 1 is 1.04 bits per heavy atom. The molecule has 0 saturated carbocycles. The van der Waals surface area contributed by atoms with Gasteiger partial charge in [0.25, 0.3) is 5.69 Å². The molecule has 26 heavy (non-hydrogen) atoms. The lowest BCUT2D eigenvalue weighted by Crippen LogP contribution is -2.48. The smallest absolute Gasteiger partial charge is 0.276 e. The summed E-state index contributed by atoms with van der Waals surface area (Å²) in [6.45, 7) is 2.00. The first-order valence-electron chi connectivity index (χ1n) is 8.26. The summed E-state index contributed by atoms with van der Waals surface area (Å²) in [5.74, 6) is -0.486. The van der Waals surface area contributed by atoms with Gasteiger partial charge in [0.05, 0.1) is 16.2 Å². The van der Waals surface area contributed by atoms with E-state index < -0.39 is 4.92 Å². The number of hydrogen-bond acceptors (Lipinski definition) is 4. The number of piperazine rings is 1. The van der Waals surface area contributed by atoms with E-state index in [2.05, 4.69) is 0 Å². The van der Waals surface area contributed by atoms with Crippen molar-refractivity contribution in [3.8, 4) is 0 Å². The molecule has 6 nitrogen and oxygen atoms in total. The maximum absolute atomic E-state index is 13.9. The normalized spacial score (nSPS) is 14.7. The van der Waals surface area contributed by atoms with Gasteiger partial charge < -0.3 is 9.80 Å². The third kappa shape index (κ3) is 3.88. The summed E-state index contributed by atoms with van der Waals surface area (Å²) in [5, 5.41) is 11.0. The SMILES string of the molecule is O=C(/C=C/c1ccccc1[N+](=O)[O-])N1CCN(c2ccccc2F)CC1. The zero-order valence-corrected chi connectivity index (χ0v) is 14.0. The van der Waals surface area contributed by atoms with Gasteiger partial charge in [-0.3, -0.25) is 14.9 Å². The minimum Gasteiger partial charge on any atom is -0.366 e. The predicted molar refractivity (Wildman–Crippen MR) is 97.3 cm³/mol. The molecule has 0 unspecified atom stereocenters. The van der Waals surface area contributed by atoms with Crippen molar-refractivity contribution in [2.24, 2.45) is 0 Å². The summed E-state index contributed by atoms with van der Waals surface area (Å²) in [7, 11) is 0. The number of carbonyl (C=O) groups is 1. The number of hydrogen-bond donors (Lipinski definition) is 0. The van der Waals surface area contributed by atoms with E-state index in [9.17, 15) is 19.3 Å². The van der Waals surface area contributed by atoms with E-state index in [1.165, 1.54) is 24.3 Å². The molecule has 2 aromatic rings. The van der Waals surface area contributed by atoms with Crippen LogP contribution in [0.15, 0.2) is 54.6 Å². The van der Waals surface area contributed by atoms with Crippen LogP contribution in [0.3, 0.4) is 0 Å². The summed E-state index contributed by atoms with van der Waals surface area (Å²) >= 11 is 0. The molecule has 0 radical (unpaired) electrons. The minimum atomic E-state index is -0.475. The van der Waals surface area contributed by atoms with Crippen molar-refractivity contribution in [1.29, 1.82) is 0 Å². The Morgan fingerprint density at radius 3 is 2.38 bits per heavy atom. The van der Waals surface area contributed by atoms with Crippen LogP contribution in [0.25, 0.3) is 6.08 Å². The lowest BCUT2D eigenvalue weighted by Gasteiger charge is -2.35. The number of para-hydroxylation sites is 2. The van der Waals surface area contributed by atoms with Gasteiger partial charge in [-0.2, -0.15) is 0 Å². The third-order valence-electron chi connectivity index (χ3n) is 4.32. The van der Waals surface area contributed by atoms with Crippen LogP contribution in [0.2, 0.25) is 0 Å². The fourth-order valence-corrected chi connectivity index (χ4v) is 2.94. The fourth-order valence-electron chi connectivity index (χ4n) is 2.94. The van der Waals surface area contributed by atoms with Crippen LogP contribution in [0.4, 0.5) is 15.8 Å². The van der Waals surface area contributed by atoms with Gasteiger partial charge in [0.1, 0.15) is 5.82 Å². The molecule has 1 amide bonds. The molecular formula is C19H18FN3O3. The average Bonchev–Trinajstić information content (AvgIpc) is 2.67. The van der Waals surface area contributed by atoms with Crippen LogP contribution in [0.1, 0.15) is 5.56 Å². The highest BCUT2D eigenvalue weighted by molar-refractivity contribution is 5.92. The van der Waals surface area contributed by atoms with E-state index >= 15 is 0 Å². The van der Waals surface area contributed by atoms with Gasteiger partial charge in [0.2, 0.25) is 5.91 Å². The number of nitro benzene ring substituents is 1. The summed E-state index contributed by atoms with van der Waals surface area (Å²) in [5.41, 5.74) is 0.881. The minimum absolute atomic E-state index is 0.0408. The van der Waals surface area contributed by atoms with Crippen LogP contribution < -0.4 is 4.90 Å². The Balaban J connectivity index is 1.63. The Bertz CT molecular complexity index is 845. The van der Waals surface area contributed by atoms with E-state index in [-0.39, 0.29) is 17.4 Å². The number of benzene rings is 2. The highest BCUT2D eigenvalue weighted by atomic mass is 19.1. The number of carbonyl (C=O) groups excluding carboxylic acids is 1. The van der Waals surface area contributed by atoms with Gasteiger partial charge in [0.15, 0.2) is 0 Å². The Kier molecular flexibility index (Phi) is 5.26. The van der Waals surface area contributed by atoms with Crippen molar-refractivity contribution in [1.82, 2.24) is 4.90 Å². The van der Waals surface area contributed by atoms with Crippen LogP contribution in [0.5, 0.6) is 0 Å². The number of nitrogens with zero attached hydrogens (tertiary/aromatic N) is 3. The number of amides is 1. The Morgan fingerprint density at radius 2 is 1.69 bits per heavy atom. The fraction of sp³-hybridized carbons (Fsp3) is 0.211. The van der Waals surface area contributed by atoms with E-state index in [0.717, 1.165) is 0 Å². The molecule has 7 heteroatoms. The lowest BCUT2D eigenvalue weighted by atomic mass is 10.1. The third-order valence-corrected chi connectivity index (χ3v) is 4.32. The monoisotopic (exact) mass is 355 g/mol. The van der Waals surface area contributed by atoms with Gasteiger partial charge in [-0.25, -0.2) is 4.39 Å². The topological polar surface area (TPSA) is 66.7 Å². The van der Waals surface area contributed by atoms with E-state index in [1.54, 1.807) is 41.3 Å². The van der Waals surface area contributed by atoms with Gasteiger partial charge >= 0.3 is 0 Å². The molecule has 1 fully saturated rings. The van der Waals surface area contributed by atoms with Crippen molar-refractivity contribution >= 4 is 23.4 Å². The number of rotatable bonds is 4. The standard InChI is InChI=1S/C19H18FN3O3/c20-16-6-2-4-8-18(16)21-11-13-22(14-12-21)19(24)10-9-15-5-1-3-7-17(15)23(25)26/h1-10H,11-14H2/b10-9+. The molecule has 1 saturated heterocycles. The van der Waals surface area contributed by atoms with Crippen molar-refractivity contribution in [3.63, 3.8) is 0 Å². The lowest BCUT2D eigenvalue weighted by molar-refractivity contribution is -0.385. The first-order chi connectivity index (χ1) is 12.6. The van der Waals surface area contributed by atoms with Crippen molar-refractivity contribution in [2.45, 2.75) is 0 Å². The van der Waals surface area contributed by atoms with E-state index in [0.29, 0.717) is 37.4 Å².